The lowest BCUT2D eigenvalue weighted by Crippen LogP contribution is -2.46. The Kier molecular flexibility index (Phi) is 39.6. The minimum absolute atomic E-state index is 0.0151. The Hall–Kier alpha value is -2.07. The van der Waals surface area contributed by atoms with Crippen LogP contribution >= 0.6 is 0 Å². The van der Waals surface area contributed by atoms with Crippen LogP contribution in [0.1, 0.15) is 233 Å². The second-order valence-corrected chi connectivity index (χ2v) is 16.8. The van der Waals surface area contributed by atoms with Gasteiger partial charge in [-0.15, -0.1) is 0 Å². The molecule has 10 heteroatoms. The van der Waals surface area contributed by atoms with Crippen LogP contribution in [0.3, 0.4) is 0 Å². The van der Waals surface area contributed by atoms with Crippen molar-refractivity contribution in [1.29, 1.82) is 0 Å². The van der Waals surface area contributed by atoms with Gasteiger partial charge in [0.2, 0.25) is 5.91 Å². The van der Waals surface area contributed by atoms with Crippen molar-refractivity contribution in [1.82, 2.24) is 15.1 Å². The lowest BCUT2D eigenvalue weighted by atomic mass is 10.0. The number of carbonyl (C=O) groups excluding carboxylic acids is 1. The summed E-state index contributed by atoms with van der Waals surface area (Å²) in [6, 6.07) is 0. The summed E-state index contributed by atoms with van der Waals surface area (Å²) in [5, 5.41) is 3.37. The summed E-state index contributed by atoms with van der Waals surface area (Å²) in [5.74, 6) is 0.218. The average Bonchev–Trinajstić information content (AvgIpc) is 3.15. The number of nitrogens with zero attached hydrogens (tertiary/aromatic N) is 4. The topological polar surface area (TPSA) is 164 Å². The van der Waals surface area contributed by atoms with Crippen molar-refractivity contribution in [2.75, 3.05) is 32.7 Å². The molecule has 0 spiro atoms. The van der Waals surface area contributed by atoms with Crippen molar-refractivity contribution in [2.24, 2.45) is 32.9 Å². The van der Waals surface area contributed by atoms with Gasteiger partial charge in [0.1, 0.15) is 12.3 Å². The summed E-state index contributed by atoms with van der Waals surface area (Å²) in [6.07, 6.45) is 42.8. The first-order valence-electron chi connectivity index (χ1n) is 24.1. The van der Waals surface area contributed by atoms with Gasteiger partial charge in [-0.1, -0.05) is 206 Å². The van der Waals surface area contributed by atoms with E-state index in [2.05, 4.69) is 34.0 Å². The van der Waals surface area contributed by atoms with E-state index in [1.54, 1.807) is 0 Å². The Balaban J connectivity index is 4.52. The standard InChI is InChI=1S/C46H97N9O/c1-5-7-9-11-13-15-17-19-21-23-25-27-29-31-33-35-38-54(39-36-34-32-30-28-26-24-22-20-18-16-14-12-10-8-6-2)44(56)41-51-37-40-55(42(3)52-45(47)48)43(4)53-46(49)50/h42-43,51H,5-41H2,1-4H3,(H4,47,48,52)(H4,49,50,53). The lowest BCUT2D eigenvalue weighted by Gasteiger charge is -2.30. The highest BCUT2D eigenvalue weighted by molar-refractivity contribution is 5.78. The first-order chi connectivity index (χ1) is 27.2. The van der Waals surface area contributed by atoms with Crippen molar-refractivity contribution in [3.63, 3.8) is 0 Å². The van der Waals surface area contributed by atoms with E-state index in [0.717, 1.165) is 25.9 Å². The van der Waals surface area contributed by atoms with Gasteiger partial charge in [0.25, 0.3) is 0 Å². The molecule has 1 amide bonds. The Morgan fingerprint density at radius 1 is 0.446 bits per heavy atom. The Bertz CT molecular complexity index is 847. The summed E-state index contributed by atoms with van der Waals surface area (Å²) in [7, 11) is 0. The van der Waals surface area contributed by atoms with Gasteiger partial charge in [-0.25, -0.2) is 9.98 Å². The van der Waals surface area contributed by atoms with Crippen LogP contribution in [-0.4, -0.2) is 72.7 Å². The summed E-state index contributed by atoms with van der Waals surface area (Å²) < 4.78 is 0. The predicted molar refractivity (Wildman–Crippen MR) is 246 cm³/mol. The zero-order valence-electron chi connectivity index (χ0n) is 37.8. The molecule has 10 nitrogen and oxygen atoms in total. The van der Waals surface area contributed by atoms with E-state index in [-0.39, 0.29) is 30.2 Å². The smallest absolute Gasteiger partial charge is 0.236 e. The van der Waals surface area contributed by atoms with Gasteiger partial charge < -0.3 is 33.2 Å². The number of rotatable bonds is 43. The summed E-state index contributed by atoms with van der Waals surface area (Å²) in [6.45, 7) is 11.6. The fourth-order valence-electron chi connectivity index (χ4n) is 7.84. The van der Waals surface area contributed by atoms with Crippen LogP contribution in [0.5, 0.6) is 0 Å². The fourth-order valence-corrected chi connectivity index (χ4v) is 7.84. The van der Waals surface area contributed by atoms with Gasteiger partial charge in [0.15, 0.2) is 11.9 Å². The molecule has 0 aromatic heterocycles. The van der Waals surface area contributed by atoms with Crippen LogP contribution in [0.4, 0.5) is 0 Å². The highest BCUT2D eigenvalue weighted by Gasteiger charge is 2.20. The molecule has 0 bridgehead atoms. The second kappa shape index (κ2) is 41.1. The molecular formula is C46H97N9O. The largest absolute Gasteiger partial charge is 0.370 e. The lowest BCUT2D eigenvalue weighted by molar-refractivity contribution is -0.130. The third kappa shape index (κ3) is 36.3. The van der Waals surface area contributed by atoms with Crippen molar-refractivity contribution in [3.8, 4) is 0 Å². The van der Waals surface area contributed by atoms with Crippen LogP contribution in [0.15, 0.2) is 9.98 Å². The molecule has 0 heterocycles. The van der Waals surface area contributed by atoms with Crippen molar-refractivity contribution in [3.05, 3.63) is 0 Å². The molecule has 0 aliphatic rings. The maximum atomic E-state index is 13.5. The monoisotopic (exact) mass is 792 g/mol. The molecule has 0 fully saturated rings. The molecule has 9 N–H and O–H groups in total. The van der Waals surface area contributed by atoms with Crippen LogP contribution < -0.4 is 28.3 Å². The third-order valence-corrected chi connectivity index (χ3v) is 11.4. The number of guanidine groups is 2. The number of hydrogen-bond donors (Lipinski definition) is 5. The molecule has 0 aliphatic carbocycles. The Labute approximate surface area is 348 Å². The molecule has 2 unspecified atom stereocenters. The van der Waals surface area contributed by atoms with E-state index in [1.807, 2.05) is 18.7 Å². The number of hydrogen-bond acceptors (Lipinski definition) is 5. The summed E-state index contributed by atoms with van der Waals surface area (Å²) >= 11 is 0. The maximum absolute atomic E-state index is 13.5. The summed E-state index contributed by atoms with van der Waals surface area (Å²) in [5.41, 5.74) is 22.6. The molecule has 56 heavy (non-hydrogen) atoms. The van der Waals surface area contributed by atoms with Gasteiger partial charge in [-0.2, -0.15) is 0 Å². The first-order valence-corrected chi connectivity index (χ1v) is 24.1. The van der Waals surface area contributed by atoms with Crippen molar-refractivity contribution in [2.45, 2.75) is 245 Å². The molecule has 0 saturated carbocycles. The molecular weight excluding hydrogens is 695 g/mol. The number of aliphatic imine (C=N–C) groups is 2. The minimum Gasteiger partial charge on any atom is -0.370 e. The quantitative estimate of drug-likeness (QED) is 0.0233. The molecule has 0 rings (SSSR count). The first kappa shape index (κ1) is 53.9. The molecule has 0 radical (unpaired) electrons. The molecule has 0 aliphatic heterocycles. The highest BCUT2D eigenvalue weighted by atomic mass is 16.2. The molecule has 0 aromatic rings. The highest BCUT2D eigenvalue weighted by Crippen LogP contribution is 2.16. The van der Waals surface area contributed by atoms with Crippen LogP contribution in [0.2, 0.25) is 0 Å². The minimum atomic E-state index is -0.308. The fraction of sp³-hybridized carbons (Fsp3) is 0.935. The van der Waals surface area contributed by atoms with E-state index in [1.165, 1.54) is 193 Å². The van der Waals surface area contributed by atoms with E-state index in [4.69, 9.17) is 22.9 Å². The number of nitrogens with two attached hydrogens (primary N) is 4. The van der Waals surface area contributed by atoms with Gasteiger partial charge in [0.05, 0.1) is 6.54 Å². The average molecular weight is 792 g/mol. The molecule has 2 atom stereocenters. The van der Waals surface area contributed by atoms with E-state index < -0.39 is 0 Å². The molecule has 0 aromatic carbocycles. The maximum Gasteiger partial charge on any atom is 0.236 e. The SMILES string of the molecule is CCCCCCCCCCCCCCCCCCN(CCCCCCCCCCCCCCCCCC)C(=O)CNCCN(C(C)N=C(N)N)C(C)N=C(N)N. The van der Waals surface area contributed by atoms with Gasteiger partial charge in [-0.3, -0.25) is 9.69 Å². The van der Waals surface area contributed by atoms with Crippen LogP contribution in [0.25, 0.3) is 0 Å². The molecule has 0 saturated heterocycles. The molecule has 332 valence electrons. The Morgan fingerprint density at radius 2 is 0.714 bits per heavy atom. The van der Waals surface area contributed by atoms with Gasteiger partial charge in [0, 0.05) is 26.2 Å². The van der Waals surface area contributed by atoms with Crippen LogP contribution in [0, 0.1) is 0 Å². The van der Waals surface area contributed by atoms with Crippen molar-refractivity contribution < 1.29 is 4.79 Å². The van der Waals surface area contributed by atoms with E-state index in [9.17, 15) is 4.79 Å². The number of amides is 1. The zero-order chi connectivity index (χ0) is 41.3. The number of carbonyl (C=O) groups is 1. The van der Waals surface area contributed by atoms with E-state index in [0.29, 0.717) is 19.6 Å². The Morgan fingerprint density at radius 3 is 0.982 bits per heavy atom. The van der Waals surface area contributed by atoms with Crippen molar-refractivity contribution >= 4 is 17.8 Å². The van der Waals surface area contributed by atoms with Gasteiger partial charge >= 0.3 is 0 Å². The zero-order valence-corrected chi connectivity index (χ0v) is 37.8. The number of unbranched alkanes of at least 4 members (excludes halogenated alkanes) is 30. The predicted octanol–water partition coefficient (Wildman–Crippen LogP) is 10.5. The summed E-state index contributed by atoms with van der Waals surface area (Å²) in [4.78, 5) is 26.1. The van der Waals surface area contributed by atoms with E-state index >= 15 is 0 Å². The normalized spacial score (nSPS) is 12.5. The number of nitrogens with one attached hydrogen (secondary N) is 1. The second-order valence-electron chi connectivity index (χ2n) is 16.8. The third-order valence-electron chi connectivity index (χ3n) is 11.4. The van der Waals surface area contributed by atoms with Gasteiger partial charge in [-0.05, 0) is 26.7 Å². The van der Waals surface area contributed by atoms with Crippen LogP contribution in [-0.2, 0) is 4.79 Å².